The van der Waals surface area contributed by atoms with E-state index in [2.05, 4.69) is 10.1 Å². The molecule has 106 valence electrons. The molecule has 0 bridgehead atoms. The predicted molar refractivity (Wildman–Crippen MR) is 70.8 cm³/mol. The van der Waals surface area contributed by atoms with Gasteiger partial charge in [-0.15, -0.1) is 0 Å². The van der Waals surface area contributed by atoms with Crippen molar-refractivity contribution in [2.24, 2.45) is 5.41 Å². The molecular weight excluding hydrogens is 258 g/mol. The number of aromatic nitrogens is 2. The molecule has 3 rings (SSSR count). The van der Waals surface area contributed by atoms with Crippen LogP contribution in [0.4, 0.5) is 0 Å². The summed E-state index contributed by atoms with van der Waals surface area (Å²) in [6, 6.07) is 3.56. The fraction of sp³-hybridized carbons (Fsp3) is 0.500. The van der Waals surface area contributed by atoms with Crippen molar-refractivity contribution < 1.29 is 13.7 Å². The zero-order valence-electron chi connectivity index (χ0n) is 11.8. The molecule has 6 nitrogen and oxygen atoms in total. The van der Waals surface area contributed by atoms with Crippen molar-refractivity contribution in [3.8, 4) is 11.6 Å². The molecule has 20 heavy (non-hydrogen) atoms. The maximum absolute atomic E-state index is 12.1. The van der Waals surface area contributed by atoms with E-state index in [4.69, 9.17) is 8.94 Å². The molecule has 1 aliphatic heterocycles. The van der Waals surface area contributed by atoms with Gasteiger partial charge in [-0.05, 0) is 12.1 Å². The van der Waals surface area contributed by atoms with Crippen LogP contribution in [0.1, 0.15) is 32.6 Å². The molecule has 1 amide bonds. The first-order valence-electron chi connectivity index (χ1n) is 6.62. The lowest BCUT2D eigenvalue weighted by Crippen LogP contribution is -2.52. The Balaban J connectivity index is 1.65. The van der Waals surface area contributed by atoms with E-state index in [1.54, 1.807) is 18.4 Å². The summed E-state index contributed by atoms with van der Waals surface area (Å²) in [7, 11) is 0. The Bertz CT molecular complexity index is 604. The molecule has 1 aliphatic rings. The van der Waals surface area contributed by atoms with Gasteiger partial charge in [-0.1, -0.05) is 25.9 Å². The molecule has 0 N–H and O–H groups in total. The van der Waals surface area contributed by atoms with Crippen LogP contribution in [0, 0.1) is 5.41 Å². The van der Waals surface area contributed by atoms with Gasteiger partial charge in [-0.3, -0.25) is 4.79 Å². The zero-order valence-corrected chi connectivity index (χ0v) is 11.8. The third-order valence-corrected chi connectivity index (χ3v) is 3.34. The van der Waals surface area contributed by atoms with Gasteiger partial charge in [0.1, 0.15) is 0 Å². The minimum atomic E-state index is -0.348. The van der Waals surface area contributed by atoms with Crippen molar-refractivity contribution in [3.05, 3.63) is 24.3 Å². The molecule has 0 spiro atoms. The van der Waals surface area contributed by atoms with E-state index in [1.165, 1.54) is 0 Å². The highest BCUT2D eigenvalue weighted by molar-refractivity contribution is 5.82. The molecule has 0 aliphatic carbocycles. The number of hydrogen-bond donors (Lipinski definition) is 0. The standard InChI is InChI=1S/C14H17N3O3/c1-14(2,3)13(18)17-7-9(8-17)12-15-11(16-20-12)10-5-4-6-19-10/h4-6,9H,7-8H2,1-3H3. The van der Waals surface area contributed by atoms with Gasteiger partial charge >= 0.3 is 0 Å². The van der Waals surface area contributed by atoms with Crippen molar-refractivity contribution in [2.45, 2.75) is 26.7 Å². The van der Waals surface area contributed by atoms with Crippen LogP contribution < -0.4 is 0 Å². The highest BCUT2D eigenvalue weighted by atomic mass is 16.5. The van der Waals surface area contributed by atoms with Crippen molar-refractivity contribution >= 4 is 5.91 Å². The molecule has 1 fully saturated rings. The van der Waals surface area contributed by atoms with Crippen LogP contribution in [-0.4, -0.2) is 34.0 Å². The third kappa shape index (κ3) is 2.21. The van der Waals surface area contributed by atoms with E-state index in [0.29, 0.717) is 30.6 Å². The molecule has 0 unspecified atom stereocenters. The van der Waals surface area contributed by atoms with E-state index in [1.807, 2.05) is 25.7 Å². The molecule has 1 saturated heterocycles. The average molecular weight is 275 g/mol. The van der Waals surface area contributed by atoms with Gasteiger partial charge in [0.15, 0.2) is 5.76 Å². The number of carbonyl (C=O) groups excluding carboxylic acids is 1. The van der Waals surface area contributed by atoms with Crippen LogP contribution in [0.25, 0.3) is 11.6 Å². The van der Waals surface area contributed by atoms with Crippen molar-refractivity contribution in [1.82, 2.24) is 15.0 Å². The van der Waals surface area contributed by atoms with Crippen LogP contribution >= 0.6 is 0 Å². The highest BCUT2D eigenvalue weighted by Crippen LogP contribution is 2.31. The van der Waals surface area contributed by atoms with Gasteiger partial charge in [0, 0.05) is 18.5 Å². The Morgan fingerprint density at radius 2 is 2.15 bits per heavy atom. The topological polar surface area (TPSA) is 72.4 Å². The van der Waals surface area contributed by atoms with E-state index in [-0.39, 0.29) is 17.2 Å². The number of likely N-dealkylation sites (tertiary alicyclic amines) is 1. The number of hydrogen-bond acceptors (Lipinski definition) is 5. The number of furan rings is 1. The molecule has 2 aromatic heterocycles. The van der Waals surface area contributed by atoms with Crippen LogP contribution in [-0.2, 0) is 4.79 Å². The van der Waals surface area contributed by atoms with E-state index < -0.39 is 0 Å². The number of rotatable bonds is 2. The normalized spacial score (nSPS) is 16.2. The second kappa shape index (κ2) is 4.47. The van der Waals surface area contributed by atoms with E-state index in [0.717, 1.165) is 0 Å². The Morgan fingerprint density at radius 1 is 1.40 bits per heavy atom. The van der Waals surface area contributed by atoms with Gasteiger partial charge < -0.3 is 13.8 Å². The average Bonchev–Trinajstić information content (AvgIpc) is 2.95. The first-order valence-corrected chi connectivity index (χ1v) is 6.62. The summed E-state index contributed by atoms with van der Waals surface area (Å²) < 4.78 is 10.5. The highest BCUT2D eigenvalue weighted by Gasteiger charge is 2.39. The monoisotopic (exact) mass is 275 g/mol. The second-order valence-electron chi connectivity index (χ2n) is 6.09. The summed E-state index contributed by atoms with van der Waals surface area (Å²) in [6.45, 7) is 7.03. The van der Waals surface area contributed by atoms with Crippen molar-refractivity contribution in [2.75, 3.05) is 13.1 Å². The quantitative estimate of drug-likeness (QED) is 0.840. The van der Waals surface area contributed by atoms with Crippen LogP contribution in [0.3, 0.4) is 0 Å². The minimum Gasteiger partial charge on any atom is -0.461 e. The number of amides is 1. The smallest absolute Gasteiger partial charge is 0.238 e. The lowest BCUT2D eigenvalue weighted by molar-refractivity contribution is -0.144. The van der Waals surface area contributed by atoms with Gasteiger partial charge in [0.2, 0.25) is 17.6 Å². The molecule has 2 aromatic rings. The SMILES string of the molecule is CC(C)(C)C(=O)N1CC(c2nc(-c3ccco3)no2)C1. The largest absolute Gasteiger partial charge is 0.461 e. The summed E-state index contributed by atoms with van der Waals surface area (Å²) in [4.78, 5) is 18.2. The fourth-order valence-electron chi connectivity index (χ4n) is 2.18. The van der Waals surface area contributed by atoms with Gasteiger partial charge in [-0.25, -0.2) is 0 Å². The Morgan fingerprint density at radius 3 is 2.75 bits per heavy atom. The van der Waals surface area contributed by atoms with Crippen molar-refractivity contribution in [1.29, 1.82) is 0 Å². The van der Waals surface area contributed by atoms with Crippen LogP contribution in [0.5, 0.6) is 0 Å². The van der Waals surface area contributed by atoms with Gasteiger partial charge in [0.25, 0.3) is 0 Å². The lowest BCUT2D eigenvalue weighted by Gasteiger charge is -2.40. The van der Waals surface area contributed by atoms with Crippen molar-refractivity contribution in [3.63, 3.8) is 0 Å². The van der Waals surface area contributed by atoms with Gasteiger partial charge in [-0.2, -0.15) is 4.98 Å². The number of carbonyl (C=O) groups is 1. The lowest BCUT2D eigenvalue weighted by atomic mass is 9.90. The summed E-state index contributed by atoms with van der Waals surface area (Å²) in [5.41, 5.74) is -0.348. The molecular formula is C14H17N3O3. The molecule has 6 heteroatoms. The Labute approximate surface area is 116 Å². The summed E-state index contributed by atoms with van der Waals surface area (Å²) in [5.74, 6) is 1.87. The molecule has 0 aromatic carbocycles. The van der Waals surface area contributed by atoms with E-state index in [9.17, 15) is 4.79 Å². The molecule has 0 atom stereocenters. The molecule has 0 saturated carbocycles. The van der Waals surface area contributed by atoms with Crippen LogP contribution in [0.2, 0.25) is 0 Å². The zero-order chi connectivity index (χ0) is 14.3. The second-order valence-corrected chi connectivity index (χ2v) is 6.09. The maximum Gasteiger partial charge on any atom is 0.238 e. The minimum absolute atomic E-state index is 0.123. The molecule has 0 radical (unpaired) electrons. The Hall–Kier alpha value is -2.11. The summed E-state index contributed by atoms with van der Waals surface area (Å²) >= 11 is 0. The summed E-state index contributed by atoms with van der Waals surface area (Å²) in [6.07, 6.45) is 1.57. The van der Waals surface area contributed by atoms with Crippen LogP contribution in [0.15, 0.2) is 27.3 Å². The maximum atomic E-state index is 12.1. The predicted octanol–water partition coefficient (Wildman–Crippen LogP) is 2.30. The van der Waals surface area contributed by atoms with E-state index >= 15 is 0 Å². The Kier molecular flexibility index (Phi) is 2.88. The number of nitrogens with zero attached hydrogens (tertiary/aromatic N) is 3. The summed E-state index contributed by atoms with van der Waals surface area (Å²) in [5, 5.41) is 3.90. The van der Waals surface area contributed by atoms with Gasteiger partial charge in [0.05, 0.1) is 12.2 Å². The first kappa shape index (κ1) is 12.9. The third-order valence-electron chi connectivity index (χ3n) is 3.34. The fourth-order valence-corrected chi connectivity index (χ4v) is 2.18. The molecule has 3 heterocycles. The first-order chi connectivity index (χ1) is 9.45.